The topological polar surface area (TPSA) is 60.9 Å². The molecular weight excluding hydrogens is 240 g/mol. The van der Waals surface area contributed by atoms with E-state index >= 15 is 0 Å². The second-order valence-corrected chi connectivity index (χ2v) is 6.07. The Hall–Kier alpha value is -1.11. The summed E-state index contributed by atoms with van der Waals surface area (Å²) in [6.07, 6.45) is -0.732. The maximum absolute atomic E-state index is 12.1. The molecular formula is C11H18N2O3S. The zero-order valence-electron chi connectivity index (χ0n) is 10.2. The normalized spacial score (nSPS) is 13.7. The first-order chi connectivity index (χ1) is 7.85. The fourth-order valence-corrected chi connectivity index (χ4v) is 2.55. The van der Waals surface area contributed by atoms with Crippen LogP contribution < -0.4 is 4.31 Å². The lowest BCUT2D eigenvalue weighted by Gasteiger charge is -2.28. The number of aliphatic hydroxyl groups excluding tert-OH is 1. The van der Waals surface area contributed by atoms with Gasteiger partial charge in [-0.25, -0.2) is 0 Å². The predicted octanol–water partition coefficient (Wildman–Crippen LogP) is 0.680. The van der Waals surface area contributed by atoms with Gasteiger partial charge >= 0.3 is 10.2 Å². The van der Waals surface area contributed by atoms with E-state index in [0.717, 1.165) is 4.31 Å². The van der Waals surface area contributed by atoms with Crippen LogP contribution in [0.3, 0.4) is 0 Å². The third-order valence-corrected chi connectivity index (χ3v) is 4.05. The van der Waals surface area contributed by atoms with Crippen LogP contribution in [0.15, 0.2) is 30.3 Å². The van der Waals surface area contributed by atoms with Crippen molar-refractivity contribution in [1.82, 2.24) is 4.31 Å². The van der Waals surface area contributed by atoms with Crippen molar-refractivity contribution < 1.29 is 13.5 Å². The minimum absolute atomic E-state index is 0.0323. The average Bonchev–Trinajstić information content (AvgIpc) is 2.26. The molecule has 0 unspecified atom stereocenters. The molecule has 17 heavy (non-hydrogen) atoms. The number of anilines is 1. The smallest absolute Gasteiger partial charge is 0.303 e. The second-order valence-electron chi connectivity index (χ2n) is 4.01. The highest BCUT2D eigenvalue weighted by Crippen LogP contribution is 2.19. The molecule has 0 radical (unpaired) electrons. The molecule has 1 atom stereocenters. The van der Waals surface area contributed by atoms with Crippen LogP contribution in [0.1, 0.15) is 6.92 Å². The number of nitrogens with zero attached hydrogens (tertiary/aromatic N) is 2. The molecule has 0 saturated carbocycles. The van der Waals surface area contributed by atoms with Crippen molar-refractivity contribution >= 4 is 15.9 Å². The molecule has 6 heteroatoms. The summed E-state index contributed by atoms with van der Waals surface area (Å²) in [6.45, 7) is 1.59. The van der Waals surface area contributed by atoms with Crippen LogP contribution in [0.25, 0.3) is 0 Å². The molecule has 0 spiro atoms. The molecule has 0 fully saturated rings. The van der Waals surface area contributed by atoms with Gasteiger partial charge in [0.2, 0.25) is 0 Å². The van der Waals surface area contributed by atoms with Gasteiger partial charge in [-0.2, -0.15) is 12.7 Å². The quantitative estimate of drug-likeness (QED) is 0.845. The Labute approximate surface area is 102 Å². The van der Waals surface area contributed by atoms with Crippen molar-refractivity contribution in [1.29, 1.82) is 0 Å². The minimum atomic E-state index is -3.58. The molecule has 96 valence electrons. The molecule has 0 aliphatic rings. The maximum atomic E-state index is 12.1. The van der Waals surface area contributed by atoms with Crippen molar-refractivity contribution in [3.05, 3.63) is 30.3 Å². The fraction of sp³-hybridized carbons (Fsp3) is 0.455. The number of hydrogen-bond acceptors (Lipinski definition) is 3. The summed E-state index contributed by atoms with van der Waals surface area (Å²) in [6, 6.07) is 8.73. The summed E-state index contributed by atoms with van der Waals surface area (Å²) in [5.41, 5.74) is 0.544. The Morgan fingerprint density at radius 3 is 2.18 bits per heavy atom. The lowest BCUT2D eigenvalue weighted by Crippen LogP contribution is -2.43. The second kappa shape index (κ2) is 5.48. The van der Waals surface area contributed by atoms with Crippen LogP contribution in [0, 0.1) is 0 Å². The van der Waals surface area contributed by atoms with Crippen LogP contribution in [0.2, 0.25) is 0 Å². The highest BCUT2D eigenvalue weighted by Gasteiger charge is 2.25. The first kappa shape index (κ1) is 14.0. The molecule has 0 aliphatic carbocycles. The van der Waals surface area contributed by atoms with Gasteiger partial charge in [0.05, 0.1) is 18.3 Å². The number of benzene rings is 1. The molecule has 0 saturated heterocycles. The highest BCUT2D eigenvalue weighted by molar-refractivity contribution is 7.90. The van der Waals surface area contributed by atoms with E-state index in [9.17, 15) is 13.5 Å². The zero-order chi connectivity index (χ0) is 13.1. The number of rotatable bonds is 5. The van der Waals surface area contributed by atoms with Crippen LogP contribution >= 0.6 is 0 Å². The zero-order valence-corrected chi connectivity index (χ0v) is 11.1. The van der Waals surface area contributed by atoms with E-state index in [1.54, 1.807) is 31.2 Å². The summed E-state index contributed by atoms with van der Waals surface area (Å²) in [4.78, 5) is 0. The van der Waals surface area contributed by atoms with Gasteiger partial charge in [-0.1, -0.05) is 18.2 Å². The van der Waals surface area contributed by atoms with Gasteiger partial charge < -0.3 is 5.11 Å². The van der Waals surface area contributed by atoms with E-state index in [-0.39, 0.29) is 6.54 Å². The molecule has 5 nitrogen and oxygen atoms in total. The van der Waals surface area contributed by atoms with Crippen molar-refractivity contribution in [2.75, 3.05) is 24.9 Å². The molecule has 0 heterocycles. The van der Waals surface area contributed by atoms with Gasteiger partial charge in [0, 0.05) is 14.1 Å². The lowest BCUT2D eigenvalue weighted by atomic mass is 10.3. The monoisotopic (exact) mass is 258 g/mol. The van der Waals surface area contributed by atoms with Gasteiger partial charge in [0.15, 0.2) is 0 Å². The van der Waals surface area contributed by atoms with Crippen molar-refractivity contribution in [2.24, 2.45) is 0 Å². The molecule has 1 aromatic carbocycles. The average molecular weight is 258 g/mol. The van der Waals surface area contributed by atoms with Gasteiger partial charge in [-0.05, 0) is 19.1 Å². The fourth-order valence-electron chi connectivity index (χ4n) is 1.36. The molecule has 0 aliphatic heterocycles. The number of hydrogen-bond donors (Lipinski definition) is 1. The van der Waals surface area contributed by atoms with E-state index in [0.29, 0.717) is 5.69 Å². The maximum Gasteiger partial charge on any atom is 0.303 e. The minimum Gasteiger partial charge on any atom is -0.392 e. The van der Waals surface area contributed by atoms with Crippen molar-refractivity contribution in [3.63, 3.8) is 0 Å². The lowest BCUT2D eigenvalue weighted by molar-refractivity contribution is 0.204. The molecule has 0 aromatic heterocycles. The summed E-state index contributed by atoms with van der Waals surface area (Å²) in [5, 5.41) is 9.40. The highest BCUT2D eigenvalue weighted by atomic mass is 32.2. The van der Waals surface area contributed by atoms with Crippen molar-refractivity contribution in [2.45, 2.75) is 13.0 Å². The SMILES string of the molecule is C[C@@H](O)CN(c1ccccc1)S(=O)(=O)N(C)C. The standard InChI is InChI=1S/C11H18N2O3S/c1-10(14)9-13(17(15,16)12(2)3)11-7-5-4-6-8-11/h4-8,10,14H,9H2,1-3H3/t10-/m1/s1. The summed E-state index contributed by atoms with van der Waals surface area (Å²) >= 11 is 0. The van der Waals surface area contributed by atoms with E-state index in [1.807, 2.05) is 6.07 Å². The Balaban J connectivity index is 3.14. The van der Waals surface area contributed by atoms with Crippen molar-refractivity contribution in [3.8, 4) is 0 Å². The summed E-state index contributed by atoms with van der Waals surface area (Å²) in [7, 11) is -0.649. The summed E-state index contributed by atoms with van der Waals surface area (Å²) < 4.78 is 26.5. The first-order valence-electron chi connectivity index (χ1n) is 5.29. The number of para-hydroxylation sites is 1. The van der Waals surface area contributed by atoms with Crippen LogP contribution in [0.4, 0.5) is 5.69 Å². The molecule has 1 rings (SSSR count). The molecule has 0 bridgehead atoms. The van der Waals surface area contributed by atoms with E-state index in [1.165, 1.54) is 18.4 Å². The van der Waals surface area contributed by atoms with Crippen LogP contribution in [0.5, 0.6) is 0 Å². The van der Waals surface area contributed by atoms with Gasteiger partial charge in [0.1, 0.15) is 0 Å². The Bertz CT molecular complexity index is 443. The third-order valence-electron chi connectivity index (χ3n) is 2.21. The Morgan fingerprint density at radius 2 is 1.76 bits per heavy atom. The molecule has 1 aromatic rings. The Kier molecular flexibility index (Phi) is 4.50. The third kappa shape index (κ3) is 3.42. The van der Waals surface area contributed by atoms with E-state index in [2.05, 4.69) is 0 Å². The predicted molar refractivity (Wildman–Crippen MR) is 68.1 cm³/mol. The van der Waals surface area contributed by atoms with E-state index in [4.69, 9.17) is 0 Å². The van der Waals surface area contributed by atoms with Crippen LogP contribution in [-0.2, 0) is 10.2 Å². The number of aliphatic hydroxyl groups is 1. The van der Waals surface area contributed by atoms with Gasteiger partial charge in [-0.3, -0.25) is 4.31 Å². The summed E-state index contributed by atoms with van der Waals surface area (Å²) in [5.74, 6) is 0. The van der Waals surface area contributed by atoms with Crippen LogP contribution in [-0.4, -0.2) is 44.6 Å². The van der Waals surface area contributed by atoms with Gasteiger partial charge in [-0.15, -0.1) is 0 Å². The van der Waals surface area contributed by atoms with E-state index < -0.39 is 16.3 Å². The Morgan fingerprint density at radius 1 is 1.24 bits per heavy atom. The largest absolute Gasteiger partial charge is 0.392 e. The van der Waals surface area contributed by atoms with Gasteiger partial charge in [0.25, 0.3) is 0 Å². The molecule has 0 amide bonds. The molecule has 1 N–H and O–H groups in total. The first-order valence-corrected chi connectivity index (χ1v) is 6.68.